The highest BCUT2D eigenvalue weighted by Gasteiger charge is 2.14. The Labute approximate surface area is 363 Å². The average molecular weight is 838 g/mol. The normalized spacial score (nSPS) is 12.2. The third-order valence-corrected chi connectivity index (χ3v) is 11.4. The summed E-state index contributed by atoms with van der Waals surface area (Å²) < 4.78 is 11.5. The number of unbranched alkanes of at least 4 members (excludes halogenated alkanes) is 26. The molecule has 59 heavy (non-hydrogen) atoms. The molecule has 0 saturated carbocycles. The second-order valence-electron chi connectivity index (χ2n) is 17.2. The summed E-state index contributed by atoms with van der Waals surface area (Å²) in [7, 11) is 0. The van der Waals surface area contributed by atoms with Crippen molar-refractivity contribution in [1.82, 2.24) is 10.2 Å². The third kappa shape index (κ3) is 43.5. The zero-order valence-electron chi connectivity index (χ0n) is 38.9. The smallest absolute Gasteiger partial charge is 0.306 e. The van der Waals surface area contributed by atoms with Crippen LogP contribution >= 0.6 is 0 Å². The predicted octanol–water partition coefficient (Wildman–Crippen LogP) is 12.9. The zero-order valence-corrected chi connectivity index (χ0v) is 38.9. The molecule has 0 heterocycles. The van der Waals surface area contributed by atoms with Gasteiger partial charge in [-0.25, -0.2) is 10.1 Å². The van der Waals surface area contributed by atoms with Crippen LogP contribution in [0.15, 0.2) is 5.10 Å². The van der Waals surface area contributed by atoms with E-state index < -0.39 is 5.03 Å². The maximum absolute atomic E-state index is 12.9. The van der Waals surface area contributed by atoms with Gasteiger partial charge in [0, 0.05) is 19.4 Å². The number of hydrazone groups is 1. The Morgan fingerprint density at radius 2 is 0.949 bits per heavy atom. The molecule has 3 N–H and O–H groups in total. The first-order valence-corrected chi connectivity index (χ1v) is 25.1. The van der Waals surface area contributed by atoms with Crippen LogP contribution in [0.25, 0.3) is 0 Å². The number of nitrogens with one attached hydrogen (secondary N) is 1. The molecule has 0 spiro atoms. The maximum atomic E-state index is 12.9. The van der Waals surface area contributed by atoms with Crippen molar-refractivity contribution in [1.29, 1.82) is 0 Å². The molecule has 0 aliphatic carbocycles. The summed E-state index contributed by atoms with van der Waals surface area (Å²) in [6, 6.07) is 0. The zero-order chi connectivity index (χ0) is 43.3. The van der Waals surface area contributed by atoms with Crippen LogP contribution in [0, 0.1) is 10.1 Å². The van der Waals surface area contributed by atoms with E-state index in [1.165, 1.54) is 109 Å². The van der Waals surface area contributed by atoms with Crippen molar-refractivity contribution in [3.8, 4) is 0 Å². The molecule has 0 aliphatic heterocycles. The van der Waals surface area contributed by atoms with Gasteiger partial charge < -0.3 is 25.4 Å². The molecule has 11 heteroatoms. The summed E-state index contributed by atoms with van der Waals surface area (Å²) in [6.07, 6.45) is 41.0. The van der Waals surface area contributed by atoms with Crippen molar-refractivity contribution in [2.75, 3.05) is 32.8 Å². The maximum Gasteiger partial charge on any atom is 0.306 e. The van der Waals surface area contributed by atoms with Gasteiger partial charge in [0.25, 0.3) is 5.96 Å². The fraction of sp³-hybridized carbons (Fsp3) is 0.938. The average Bonchev–Trinajstić information content (AvgIpc) is 3.21. The van der Waals surface area contributed by atoms with Crippen LogP contribution < -0.4 is 11.1 Å². The van der Waals surface area contributed by atoms with E-state index in [0.717, 1.165) is 129 Å². The molecular formula is C48H95N5O6. The van der Waals surface area contributed by atoms with Gasteiger partial charge in [0.2, 0.25) is 0 Å². The quantitative estimate of drug-likeness (QED) is 0.0152. The Morgan fingerprint density at radius 1 is 0.559 bits per heavy atom. The number of carbonyl (C=O) groups is 2. The van der Waals surface area contributed by atoms with E-state index in [2.05, 4.69) is 36.1 Å². The van der Waals surface area contributed by atoms with Crippen molar-refractivity contribution < 1.29 is 24.1 Å². The summed E-state index contributed by atoms with van der Waals surface area (Å²) in [5, 5.41) is 15.7. The highest BCUT2D eigenvalue weighted by atomic mass is 16.7. The number of hydrogen-bond acceptors (Lipinski definition) is 7. The minimum Gasteiger partial charge on any atom is -0.466 e. The Morgan fingerprint density at radius 3 is 1.42 bits per heavy atom. The van der Waals surface area contributed by atoms with E-state index in [0.29, 0.717) is 26.0 Å². The van der Waals surface area contributed by atoms with Crippen molar-refractivity contribution in [3.63, 3.8) is 0 Å². The standard InChI is InChI=1S/C48H95N5O6/c1-4-7-10-13-16-17-22-29-37-45(36-28-21-15-12-9-6-3)59-47(55)39-31-24-20-26-33-42-52(43-35-40-50-48(49)51-53(56)57)41-32-25-19-23-30-38-46(54)58-44-34-27-18-14-11-8-5-2/h45H,4-44H2,1-3H3,(H3,49,50,51). The third-order valence-electron chi connectivity index (χ3n) is 11.4. The first-order valence-electron chi connectivity index (χ1n) is 25.1. The van der Waals surface area contributed by atoms with Gasteiger partial charge in [-0.05, 0) is 83.8 Å². The summed E-state index contributed by atoms with van der Waals surface area (Å²) >= 11 is 0. The molecule has 0 bridgehead atoms. The van der Waals surface area contributed by atoms with Crippen LogP contribution in [0.2, 0.25) is 0 Å². The lowest BCUT2D eigenvalue weighted by atomic mass is 10.0. The van der Waals surface area contributed by atoms with E-state index in [1.807, 2.05) is 0 Å². The number of carbonyl (C=O) groups excluding carboxylic acids is 2. The van der Waals surface area contributed by atoms with Crippen LogP contribution in [0.3, 0.4) is 0 Å². The molecule has 0 rings (SSSR count). The largest absolute Gasteiger partial charge is 0.466 e. The number of nitrogens with zero attached hydrogens (tertiary/aromatic N) is 3. The molecule has 1 atom stereocenters. The summed E-state index contributed by atoms with van der Waals surface area (Å²) in [5.74, 6) is -0.233. The monoisotopic (exact) mass is 838 g/mol. The first-order chi connectivity index (χ1) is 28.8. The van der Waals surface area contributed by atoms with E-state index >= 15 is 0 Å². The minimum absolute atomic E-state index is 0.0111. The molecule has 0 aliphatic rings. The Kier molecular flexibility index (Phi) is 43.2. The molecule has 11 nitrogen and oxygen atoms in total. The lowest BCUT2D eigenvalue weighted by Gasteiger charge is -2.22. The molecule has 0 aromatic heterocycles. The summed E-state index contributed by atoms with van der Waals surface area (Å²) in [6.45, 7) is 10.7. The summed E-state index contributed by atoms with van der Waals surface area (Å²) in [4.78, 5) is 38.0. The van der Waals surface area contributed by atoms with Crippen molar-refractivity contribution in [2.45, 2.75) is 258 Å². The number of nitro groups is 1. The second-order valence-corrected chi connectivity index (χ2v) is 17.2. The van der Waals surface area contributed by atoms with E-state index in [4.69, 9.17) is 15.2 Å². The van der Waals surface area contributed by atoms with Crippen LogP contribution in [0.1, 0.15) is 252 Å². The molecule has 0 fully saturated rings. The van der Waals surface area contributed by atoms with Gasteiger partial charge >= 0.3 is 11.9 Å². The van der Waals surface area contributed by atoms with Crippen molar-refractivity contribution >= 4 is 17.9 Å². The summed E-state index contributed by atoms with van der Waals surface area (Å²) in [5.41, 5.74) is 5.59. The number of hydrogen-bond donors (Lipinski definition) is 2. The van der Waals surface area contributed by atoms with Crippen LogP contribution in [0.5, 0.6) is 0 Å². The highest BCUT2D eigenvalue weighted by Crippen LogP contribution is 2.19. The number of guanidine groups is 1. The van der Waals surface area contributed by atoms with Gasteiger partial charge in [-0.3, -0.25) is 9.59 Å². The number of esters is 2. The fourth-order valence-electron chi connectivity index (χ4n) is 7.73. The molecule has 0 radical (unpaired) electrons. The lowest BCUT2D eigenvalue weighted by Crippen LogP contribution is -2.35. The predicted molar refractivity (Wildman–Crippen MR) is 247 cm³/mol. The van der Waals surface area contributed by atoms with Crippen molar-refractivity contribution in [2.24, 2.45) is 10.8 Å². The highest BCUT2D eigenvalue weighted by molar-refractivity contribution is 5.76. The fourth-order valence-corrected chi connectivity index (χ4v) is 7.73. The van der Waals surface area contributed by atoms with Gasteiger partial charge in [-0.15, -0.1) is 0 Å². The Balaban J connectivity index is 4.44. The van der Waals surface area contributed by atoms with Gasteiger partial charge in [-0.2, -0.15) is 0 Å². The minimum atomic E-state index is -0.787. The number of ether oxygens (including phenoxy) is 2. The van der Waals surface area contributed by atoms with Gasteiger partial charge in [-0.1, -0.05) is 175 Å². The van der Waals surface area contributed by atoms with Crippen molar-refractivity contribution in [3.05, 3.63) is 10.1 Å². The molecule has 348 valence electrons. The number of rotatable bonds is 46. The lowest BCUT2D eigenvalue weighted by molar-refractivity contribution is -0.485. The van der Waals surface area contributed by atoms with Gasteiger partial charge in [0.1, 0.15) is 11.2 Å². The van der Waals surface area contributed by atoms with E-state index in [-0.39, 0.29) is 24.0 Å². The molecule has 0 aromatic rings. The molecular weight excluding hydrogens is 743 g/mol. The first kappa shape index (κ1) is 56.6. The van der Waals surface area contributed by atoms with Crippen LogP contribution in [0.4, 0.5) is 0 Å². The van der Waals surface area contributed by atoms with Crippen LogP contribution in [-0.4, -0.2) is 66.7 Å². The Hall–Kier alpha value is -2.43. The SMILES string of the molecule is CCCCCCCCCCC(CCCCCCCC)OC(=O)CCCCCCCN(CCCCCCCC(=O)OCCCCCCCCC)CCCN/C(N)=N/[N+](=O)[O-]. The molecule has 0 aromatic carbocycles. The topological polar surface area (TPSA) is 149 Å². The molecule has 0 amide bonds. The van der Waals surface area contributed by atoms with Gasteiger partial charge in [0.15, 0.2) is 5.03 Å². The van der Waals surface area contributed by atoms with Gasteiger partial charge in [0.05, 0.1) is 6.61 Å². The van der Waals surface area contributed by atoms with Crippen LogP contribution in [-0.2, 0) is 19.1 Å². The molecule has 0 saturated heterocycles. The number of nitrogens with two attached hydrogens (primary N) is 1. The van der Waals surface area contributed by atoms with E-state index in [1.54, 1.807) is 0 Å². The second kappa shape index (κ2) is 45.1. The Bertz CT molecular complexity index is 984. The van der Waals surface area contributed by atoms with E-state index in [9.17, 15) is 19.7 Å². The molecule has 1 unspecified atom stereocenters.